The number of carbonyl (C=O) groups excluding carboxylic acids is 1. The fourth-order valence-electron chi connectivity index (χ4n) is 2.93. The molecule has 124 valence electrons. The maximum atomic E-state index is 13.3. The van der Waals surface area contributed by atoms with E-state index in [1.165, 1.54) is 12.1 Å². The van der Waals surface area contributed by atoms with E-state index in [0.717, 1.165) is 40.7 Å². The summed E-state index contributed by atoms with van der Waals surface area (Å²) in [6.45, 7) is 4.04. The monoisotopic (exact) mass is 324 g/mol. The van der Waals surface area contributed by atoms with Crippen molar-refractivity contribution in [2.45, 2.75) is 26.7 Å². The SMILES string of the molecule is CCC(CC)C(=O)Nc1cccc(-c2cc3cc(F)ccc3[nH]2)c1. The van der Waals surface area contributed by atoms with Gasteiger partial charge in [0.05, 0.1) is 0 Å². The molecule has 0 atom stereocenters. The minimum Gasteiger partial charge on any atom is -0.355 e. The van der Waals surface area contributed by atoms with Crippen LogP contribution in [0.2, 0.25) is 0 Å². The molecule has 0 aliphatic heterocycles. The Balaban J connectivity index is 1.87. The van der Waals surface area contributed by atoms with Gasteiger partial charge in [-0.2, -0.15) is 0 Å². The molecule has 3 nitrogen and oxygen atoms in total. The molecule has 0 fully saturated rings. The normalized spacial score (nSPS) is 11.2. The molecule has 1 heterocycles. The summed E-state index contributed by atoms with van der Waals surface area (Å²) in [4.78, 5) is 15.5. The second-order valence-corrected chi connectivity index (χ2v) is 6.00. The van der Waals surface area contributed by atoms with E-state index in [0.29, 0.717) is 0 Å². The number of hydrogen-bond donors (Lipinski definition) is 2. The van der Waals surface area contributed by atoms with E-state index in [1.54, 1.807) is 6.07 Å². The summed E-state index contributed by atoms with van der Waals surface area (Å²) in [5.41, 5.74) is 3.51. The highest BCUT2D eigenvalue weighted by molar-refractivity contribution is 5.93. The summed E-state index contributed by atoms with van der Waals surface area (Å²) in [6.07, 6.45) is 1.66. The molecule has 0 unspecified atom stereocenters. The molecule has 1 amide bonds. The molecule has 3 rings (SSSR count). The summed E-state index contributed by atoms with van der Waals surface area (Å²) in [7, 11) is 0. The van der Waals surface area contributed by atoms with Crippen LogP contribution >= 0.6 is 0 Å². The summed E-state index contributed by atoms with van der Waals surface area (Å²) < 4.78 is 13.3. The lowest BCUT2D eigenvalue weighted by Crippen LogP contribution is -2.21. The van der Waals surface area contributed by atoms with E-state index in [4.69, 9.17) is 0 Å². The average Bonchev–Trinajstić information content (AvgIpc) is 2.99. The highest BCUT2D eigenvalue weighted by Crippen LogP contribution is 2.27. The maximum absolute atomic E-state index is 13.3. The van der Waals surface area contributed by atoms with E-state index in [9.17, 15) is 9.18 Å². The van der Waals surface area contributed by atoms with Crippen LogP contribution in [0.25, 0.3) is 22.2 Å². The lowest BCUT2D eigenvalue weighted by atomic mass is 10.0. The largest absolute Gasteiger partial charge is 0.355 e. The molecule has 24 heavy (non-hydrogen) atoms. The third kappa shape index (κ3) is 3.32. The van der Waals surface area contributed by atoms with Crippen molar-refractivity contribution in [1.29, 1.82) is 0 Å². The zero-order chi connectivity index (χ0) is 17.1. The lowest BCUT2D eigenvalue weighted by Gasteiger charge is -2.13. The molecule has 2 aromatic carbocycles. The Morgan fingerprint density at radius 3 is 2.67 bits per heavy atom. The van der Waals surface area contributed by atoms with Crippen molar-refractivity contribution in [3.8, 4) is 11.3 Å². The van der Waals surface area contributed by atoms with E-state index in [1.807, 2.05) is 44.2 Å². The highest BCUT2D eigenvalue weighted by atomic mass is 19.1. The first kappa shape index (κ1) is 16.2. The first-order valence-electron chi connectivity index (χ1n) is 8.30. The van der Waals surface area contributed by atoms with Crippen molar-refractivity contribution in [3.05, 3.63) is 54.3 Å². The molecule has 0 saturated heterocycles. The predicted octanol–water partition coefficient (Wildman–Crippen LogP) is 5.35. The van der Waals surface area contributed by atoms with Crippen LogP contribution in [-0.4, -0.2) is 10.9 Å². The highest BCUT2D eigenvalue weighted by Gasteiger charge is 2.14. The number of aromatic nitrogens is 1. The molecule has 0 spiro atoms. The summed E-state index contributed by atoms with van der Waals surface area (Å²) >= 11 is 0. The minimum absolute atomic E-state index is 0.0321. The quantitative estimate of drug-likeness (QED) is 0.653. The van der Waals surface area contributed by atoms with Gasteiger partial charge in [-0.15, -0.1) is 0 Å². The Kier molecular flexibility index (Phi) is 4.65. The van der Waals surface area contributed by atoms with E-state index >= 15 is 0 Å². The predicted molar refractivity (Wildman–Crippen MR) is 96.4 cm³/mol. The molecule has 0 aliphatic rings. The number of carbonyl (C=O) groups is 1. The fraction of sp³-hybridized carbons (Fsp3) is 0.250. The van der Waals surface area contributed by atoms with Crippen LogP contribution in [0.4, 0.5) is 10.1 Å². The van der Waals surface area contributed by atoms with Crippen molar-refractivity contribution >= 4 is 22.5 Å². The molecule has 0 bridgehead atoms. The first-order valence-corrected chi connectivity index (χ1v) is 8.30. The van der Waals surface area contributed by atoms with Crippen molar-refractivity contribution in [2.24, 2.45) is 5.92 Å². The number of fused-ring (bicyclic) bond motifs is 1. The number of anilines is 1. The number of halogens is 1. The first-order chi connectivity index (χ1) is 11.6. The molecule has 0 aliphatic carbocycles. The van der Waals surface area contributed by atoms with Gasteiger partial charge in [0.15, 0.2) is 0 Å². The number of rotatable bonds is 5. The summed E-state index contributed by atoms with van der Waals surface area (Å²) in [5, 5.41) is 3.81. The van der Waals surface area contributed by atoms with Crippen molar-refractivity contribution < 1.29 is 9.18 Å². The lowest BCUT2D eigenvalue weighted by molar-refractivity contribution is -0.120. The van der Waals surface area contributed by atoms with Crippen LogP contribution < -0.4 is 5.32 Å². The number of H-pyrrole nitrogens is 1. The Morgan fingerprint density at radius 1 is 1.12 bits per heavy atom. The van der Waals surface area contributed by atoms with Crippen molar-refractivity contribution in [1.82, 2.24) is 4.98 Å². The third-order valence-corrected chi connectivity index (χ3v) is 4.38. The maximum Gasteiger partial charge on any atom is 0.227 e. The Bertz CT molecular complexity index is 865. The second-order valence-electron chi connectivity index (χ2n) is 6.00. The number of aromatic amines is 1. The molecular formula is C20H21FN2O. The van der Waals surface area contributed by atoms with E-state index in [-0.39, 0.29) is 17.6 Å². The average molecular weight is 324 g/mol. The van der Waals surface area contributed by atoms with Crippen LogP contribution in [0.5, 0.6) is 0 Å². The van der Waals surface area contributed by atoms with E-state index in [2.05, 4.69) is 10.3 Å². The number of amides is 1. The van der Waals surface area contributed by atoms with Crippen LogP contribution in [0.1, 0.15) is 26.7 Å². The molecule has 2 N–H and O–H groups in total. The van der Waals surface area contributed by atoms with Gasteiger partial charge in [0.1, 0.15) is 5.82 Å². The van der Waals surface area contributed by atoms with Gasteiger partial charge < -0.3 is 10.3 Å². The van der Waals surface area contributed by atoms with Gasteiger partial charge in [-0.1, -0.05) is 26.0 Å². The number of nitrogens with one attached hydrogen (secondary N) is 2. The molecule has 4 heteroatoms. The molecule has 0 saturated carbocycles. The van der Waals surface area contributed by atoms with Crippen LogP contribution in [0.15, 0.2) is 48.5 Å². The smallest absolute Gasteiger partial charge is 0.227 e. The van der Waals surface area contributed by atoms with Crippen molar-refractivity contribution in [3.63, 3.8) is 0 Å². The van der Waals surface area contributed by atoms with Crippen LogP contribution in [-0.2, 0) is 4.79 Å². The van der Waals surface area contributed by atoms with Gasteiger partial charge in [0.25, 0.3) is 0 Å². The topological polar surface area (TPSA) is 44.9 Å². The van der Waals surface area contributed by atoms with Gasteiger partial charge in [-0.25, -0.2) is 4.39 Å². The second kappa shape index (κ2) is 6.87. The fourth-order valence-corrected chi connectivity index (χ4v) is 2.93. The van der Waals surface area contributed by atoms with Gasteiger partial charge in [-0.3, -0.25) is 4.79 Å². The van der Waals surface area contributed by atoms with E-state index < -0.39 is 0 Å². The molecule has 0 radical (unpaired) electrons. The number of hydrogen-bond acceptors (Lipinski definition) is 1. The zero-order valence-electron chi connectivity index (χ0n) is 13.9. The zero-order valence-corrected chi connectivity index (χ0v) is 13.9. The van der Waals surface area contributed by atoms with Gasteiger partial charge in [0, 0.05) is 33.8 Å². The van der Waals surface area contributed by atoms with Gasteiger partial charge >= 0.3 is 0 Å². The Morgan fingerprint density at radius 2 is 1.92 bits per heavy atom. The summed E-state index contributed by atoms with van der Waals surface area (Å²) in [6, 6.07) is 14.3. The third-order valence-electron chi connectivity index (χ3n) is 4.38. The summed E-state index contributed by atoms with van der Waals surface area (Å²) in [5.74, 6) is -0.167. The van der Waals surface area contributed by atoms with Crippen LogP contribution in [0, 0.1) is 11.7 Å². The molecular weight excluding hydrogens is 303 g/mol. The molecule has 1 aromatic heterocycles. The van der Waals surface area contributed by atoms with Gasteiger partial charge in [-0.05, 0) is 49.2 Å². The van der Waals surface area contributed by atoms with Crippen molar-refractivity contribution in [2.75, 3.05) is 5.32 Å². The standard InChI is InChI=1S/C20H21FN2O/c1-3-13(4-2)20(24)22-17-7-5-6-14(11-17)19-12-15-10-16(21)8-9-18(15)23-19/h5-13,23H,3-4H2,1-2H3,(H,22,24). The van der Waals surface area contributed by atoms with Crippen LogP contribution in [0.3, 0.4) is 0 Å². The minimum atomic E-state index is -0.251. The molecule has 3 aromatic rings. The Hall–Kier alpha value is -2.62. The number of benzene rings is 2. The Labute approximate surface area is 140 Å². The van der Waals surface area contributed by atoms with Gasteiger partial charge in [0.2, 0.25) is 5.91 Å².